The van der Waals surface area contributed by atoms with Crippen molar-refractivity contribution in [3.05, 3.63) is 0 Å². The van der Waals surface area contributed by atoms with Crippen LogP contribution in [-0.4, -0.2) is 44.8 Å². The second-order valence-electron chi connectivity index (χ2n) is 9.62. The molecule has 204 valence electrons. The Morgan fingerprint density at radius 2 is 1.09 bits per heavy atom. The maximum Gasteiger partial charge on any atom is 0.349 e. The Hall–Kier alpha value is -2.12. The monoisotopic (exact) mass is 500 g/mol. The summed E-state index contributed by atoms with van der Waals surface area (Å²) in [4.78, 5) is 47.8. The molecule has 0 radical (unpaired) electrons. The van der Waals surface area contributed by atoms with Gasteiger partial charge in [-0.3, -0.25) is 14.4 Å². The van der Waals surface area contributed by atoms with Crippen LogP contribution in [0.15, 0.2) is 0 Å². The SMILES string of the molecule is CCCCCCCCCCCCCCCC(C(=O)O)C(CC(=O)O)(OC(=O)CCCCC)C(=O)O. The number of carboxylic acids is 3. The standard InChI is InChI=1S/C27H48O8/c1-3-5-7-8-9-10-11-12-13-14-15-16-18-19-22(25(31)32)27(26(33)34,21-23(28)29)35-24(30)20-17-6-4-2/h22H,3-21H2,1-2H3,(H,28,29)(H,31,32)(H,33,34). The summed E-state index contributed by atoms with van der Waals surface area (Å²) in [5.74, 6) is -7.22. The fourth-order valence-corrected chi connectivity index (χ4v) is 4.42. The summed E-state index contributed by atoms with van der Waals surface area (Å²) in [7, 11) is 0. The lowest BCUT2D eigenvalue weighted by atomic mass is 9.80. The second kappa shape index (κ2) is 20.1. The molecule has 0 saturated carbocycles. The third kappa shape index (κ3) is 14.8. The van der Waals surface area contributed by atoms with E-state index >= 15 is 0 Å². The molecule has 0 aromatic carbocycles. The van der Waals surface area contributed by atoms with Crippen molar-refractivity contribution in [3.8, 4) is 0 Å². The lowest BCUT2D eigenvalue weighted by molar-refractivity contribution is -0.195. The van der Waals surface area contributed by atoms with Gasteiger partial charge in [0.1, 0.15) is 5.92 Å². The van der Waals surface area contributed by atoms with Gasteiger partial charge in [0.2, 0.25) is 5.60 Å². The van der Waals surface area contributed by atoms with Crippen molar-refractivity contribution in [2.75, 3.05) is 0 Å². The minimum Gasteiger partial charge on any atom is -0.481 e. The third-order valence-corrected chi connectivity index (χ3v) is 6.51. The molecule has 0 heterocycles. The summed E-state index contributed by atoms with van der Waals surface area (Å²) >= 11 is 0. The first-order valence-electron chi connectivity index (χ1n) is 13.6. The highest BCUT2D eigenvalue weighted by Gasteiger charge is 2.54. The molecule has 0 fully saturated rings. The first-order chi connectivity index (χ1) is 16.7. The largest absolute Gasteiger partial charge is 0.481 e. The molecule has 0 spiro atoms. The normalized spacial score (nSPS) is 13.7. The van der Waals surface area contributed by atoms with Gasteiger partial charge >= 0.3 is 23.9 Å². The Kier molecular flexibility index (Phi) is 18.9. The summed E-state index contributed by atoms with van der Waals surface area (Å²) in [5.41, 5.74) is -2.61. The van der Waals surface area contributed by atoms with E-state index in [9.17, 15) is 34.5 Å². The van der Waals surface area contributed by atoms with Gasteiger partial charge in [-0.2, -0.15) is 0 Å². The molecular weight excluding hydrogens is 452 g/mol. The predicted molar refractivity (Wildman–Crippen MR) is 134 cm³/mol. The maximum absolute atomic E-state index is 12.3. The third-order valence-electron chi connectivity index (χ3n) is 6.51. The van der Waals surface area contributed by atoms with Crippen LogP contribution in [0, 0.1) is 5.92 Å². The predicted octanol–water partition coefficient (Wildman–Crippen LogP) is 6.59. The number of hydrogen-bond donors (Lipinski definition) is 3. The molecule has 3 N–H and O–H groups in total. The van der Waals surface area contributed by atoms with Gasteiger partial charge in [0.05, 0.1) is 6.42 Å². The minimum absolute atomic E-state index is 0.0606. The lowest BCUT2D eigenvalue weighted by Crippen LogP contribution is -2.54. The molecule has 0 rings (SSSR count). The van der Waals surface area contributed by atoms with E-state index in [0.29, 0.717) is 19.3 Å². The first-order valence-corrected chi connectivity index (χ1v) is 13.6. The number of aliphatic carboxylic acids is 3. The average Bonchev–Trinajstić information content (AvgIpc) is 2.78. The zero-order chi connectivity index (χ0) is 26.5. The van der Waals surface area contributed by atoms with Gasteiger partial charge in [-0.25, -0.2) is 4.79 Å². The van der Waals surface area contributed by atoms with E-state index in [-0.39, 0.29) is 12.8 Å². The molecule has 0 bridgehead atoms. The summed E-state index contributed by atoms with van der Waals surface area (Å²) in [6.07, 6.45) is 15.2. The van der Waals surface area contributed by atoms with Gasteiger partial charge in [0.15, 0.2) is 0 Å². The number of unbranched alkanes of at least 4 members (excludes halogenated alkanes) is 14. The quantitative estimate of drug-likeness (QED) is 0.0996. The zero-order valence-electron chi connectivity index (χ0n) is 21.9. The van der Waals surface area contributed by atoms with E-state index in [1.807, 2.05) is 6.92 Å². The smallest absolute Gasteiger partial charge is 0.349 e. The summed E-state index contributed by atoms with van der Waals surface area (Å²) < 4.78 is 5.14. The Bertz CT molecular complexity index is 618. The average molecular weight is 501 g/mol. The van der Waals surface area contributed by atoms with E-state index in [2.05, 4.69) is 6.92 Å². The van der Waals surface area contributed by atoms with Crippen LogP contribution in [0.2, 0.25) is 0 Å². The Morgan fingerprint density at radius 1 is 0.657 bits per heavy atom. The van der Waals surface area contributed by atoms with Crippen molar-refractivity contribution in [2.24, 2.45) is 5.92 Å². The van der Waals surface area contributed by atoms with E-state index < -0.39 is 41.8 Å². The minimum atomic E-state index is -2.61. The van der Waals surface area contributed by atoms with Crippen LogP contribution in [0.5, 0.6) is 0 Å². The topological polar surface area (TPSA) is 138 Å². The van der Waals surface area contributed by atoms with Crippen LogP contribution in [0.4, 0.5) is 0 Å². The molecule has 0 aromatic heterocycles. The molecule has 0 aromatic rings. The Labute approximate surface area is 210 Å². The second-order valence-corrected chi connectivity index (χ2v) is 9.62. The fourth-order valence-electron chi connectivity index (χ4n) is 4.42. The molecule has 2 unspecified atom stereocenters. The van der Waals surface area contributed by atoms with Crippen LogP contribution in [-0.2, 0) is 23.9 Å². The number of carboxylic acid groups (broad SMARTS) is 3. The van der Waals surface area contributed by atoms with Crippen LogP contribution in [0.1, 0.15) is 136 Å². The highest BCUT2D eigenvalue weighted by Crippen LogP contribution is 2.33. The Morgan fingerprint density at radius 3 is 1.49 bits per heavy atom. The van der Waals surface area contributed by atoms with Gasteiger partial charge in [-0.15, -0.1) is 0 Å². The highest BCUT2D eigenvalue weighted by atomic mass is 16.6. The van der Waals surface area contributed by atoms with Crippen molar-refractivity contribution in [1.29, 1.82) is 0 Å². The van der Waals surface area contributed by atoms with Crippen molar-refractivity contribution in [3.63, 3.8) is 0 Å². The van der Waals surface area contributed by atoms with E-state index in [1.165, 1.54) is 51.4 Å². The zero-order valence-corrected chi connectivity index (χ0v) is 21.9. The van der Waals surface area contributed by atoms with E-state index in [0.717, 1.165) is 32.1 Å². The van der Waals surface area contributed by atoms with Crippen LogP contribution in [0.25, 0.3) is 0 Å². The summed E-state index contributed by atoms with van der Waals surface area (Å²) in [5, 5.41) is 28.8. The molecule has 0 aliphatic heterocycles. The number of rotatable bonds is 24. The Balaban J connectivity index is 4.68. The van der Waals surface area contributed by atoms with Crippen LogP contribution in [0.3, 0.4) is 0 Å². The lowest BCUT2D eigenvalue weighted by Gasteiger charge is -2.33. The molecule has 0 aliphatic rings. The first kappa shape index (κ1) is 32.9. The van der Waals surface area contributed by atoms with Gasteiger partial charge in [0.25, 0.3) is 0 Å². The summed E-state index contributed by atoms with van der Waals surface area (Å²) in [6, 6.07) is 0. The van der Waals surface area contributed by atoms with Crippen molar-refractivity contribution in [1.82, 2.24) is 0 Å². The maximum atomic E-state index is 12.3. The number of hydrogen-bond acceptors (Lipinski definition) is 5. The molecule has 8 heteroatoms. The van der Waals surface area contributed by atoms with Crippen molar-refractivity contribution in [2.45, 2.75) is 141 Å². The van der Waals surface area contributed by atoms with Crippen molar-refractivity contribution >= 4 is 23.9 Å². The molecular formula is C27H48O8. The van der Waals surface area contributed by atoms with Gasteiger partial charge in [-0.05, 0) is 12.8 Å². The van der Waals surface area contributed by atoms with Gasteiger partial charge < -0.3 is 20.1 Å². The molecule has 0 aliphatic carbocycles. The number of ether oxygens (including phenoxy) is 1. The molecule has 35 heavy (non-hydrogen) atoms. The van der Waals surface area contributed by atoms with E-state index in [1.54, 1.807) is 0 Å². The van der Waals surface area contributed by atoms with Gasteiger partial charge in [0, 0.05) is 6.42 Å². The molecule has 2 atom stereocenters. The van der Waals surface area contributed by atoms with Crippen LogP contribution < -0.4 is 0 Å². The van der Waals surface area contributed by atoms with Crippen molar-refractivity contribution < 1.29 is 39.2 Å². The fraction of sp³-hybridized carbons (Fsp3) is 0.852. The molecule has 0 saturated heterocycles. The highest BCUT2D eigenvalue weighted by molar-refractivity contribution is 5.92. The number of carbonyl (C=O) groups excluding carboxylic acids is 1. The molecule has 0 amide bonds. The number of carbonyl (C=O) groups is 4. The van der Waals surface area contributed by atoms with Crippen LogP contribution >= 0.6 is 0 Å². The summed E-state index contributed by atoms with van der Waals surface area (Å²) in [6.45, 7) is 4.15. The van der Waals surface area contributed by atoms with E-state index in [4.69, 9.17) is 4.74 Å². The molecule has 8 nitrogen and oxygen atoms in total. The number of esters is 1. The van der Waals surface area contributed by atoms with Gasteiger partial charge in [-0.1, -0.05) is 110 Å².